The van der Waals surface area contributed by atoms with Crippen molar-refractivity contribution in [3.8, 4) is 6.07 Å². The van der Waals surface area contributed by atoms with Crippen molar-refractivity contribution in [2.75, 3.05) is 13.1 Å². The van der Waals surface area contributed by atoms with Gasteiger partial charge in [-0.15, -0.1) is 0 Å². The van der Waals surface area contributed by atoms with Crippen molar-refractivity contribution < 1.29 is 27.9 Å². The van der Waals surface area contributed by atoms with E-state index in [4.69, 9.17) is 10.4 Å². The van der Waals surface area contributed by atoms with E-state index >= 15 is 0 Å². The normalized spacial score (nSPS) is 10.5. The number of carboxylic acid groups (broad SMARTS) is 1. The van der Waals surface area contributed by atoms with E-state index in [0.29, 0.717) is 0 Å². The van der Waals surface area contributed by atoms with Crippen molar-refractivity contribution in [3.05, 3.63) is 0 Å². The number of aliphatic carboxylic acids is 1. The van der Waals surface area contributed by atoms with Crippen LogP contribution in [-0.4, -0.2) is 41.1 Å². The minimum Gasteiger partial charge on any atom is -0.480 e. The van der Waals surface area contributed by atoms with Crippen molar-refractivity contribution in [1.82, 2.24) is 4.90 Å². The lowest BCUT2D eigenvalue weighted by atomic mass is 10.3. The molecule has 0 aromatic heterocycles. The van der Waals surface area contributed by atoms with Gasteiger partial charge in [0.2, 0.25) is 0 Å². The van der Waals surface area contributed by atoms with Gasteiger partial charge in [-0.25, -0.2) is 0 Å². The van der Waals surface area contributed by atoms with Crippen molar-refractivity contribution in [2.24, 2.45) is 0 Å². The van der Waals surface area contributed by atoms with Crippen LogP contribution in [0.15, 0.2) is 0 Å². The zero-order valence-corrected chi connectivity index (χ0v) is 7.41. The van der Waals surface area contributed by atoms with Gasteiger partial charge in [0.05, 0.1) is 12.5 Å². The fourth-order valence-electron chi connectivity index (χ4n) is 0.780. The third-order valence-electron chi connectivity index (χ3n) is 1.35. The number of hydrogen-bond donors (Lipinski definition) is 1. The van der Waals surface area contributed by atoms with E-state index in [1.54, 1.807) is 0 Å². The number of carboxylic acids is 1. The fourth-order valence-corrected chi connectivity index (χ4v) is 0.780. The van der Waals surface area contributed by atoms with Crippen LogP contribution in [0.4, 0.5) is 13.2 Å². The van der Waals surface area contributed by atoms with E-state index in [-0.39, 0.29) is 11.3 Å². The summed E-state index contributed by atoms with van der Waals surface area (Å²) in [7, 11) is 0. The Morgan fingerprint density at radius 1 is 1.40 bits per heavy atom. The third-order valence-corrected chi connectivity index (χ3v) is 1.35. The summed E-state index contributed by atoms with van der Waals surface area (Å²) in [5, 5.41) is 16.4. The molecule has 8 heteroatoms. The molecule has 0 aromatic carbocycles. The summed E-state index contributed by atoms with van der Waals surface area (Å²) in [4.78, 5) is 20.9. The van der Waals surface area contributed by atoms with Gasteiger partial charge in [0.1, 0.15) is 6.54 Å². The highest BCUT2D eigenvalue weighted by molar-refractivity contribution is 5.85. The first kappa shape index (κ1) is 13.2. The zero-order valence-electron chi connectivity index (χ0n) is 7.41. The number of halogens is 3. The molecule has 5 nitrogen and oxygen atoms in total. The second-order valence-electron chi connectivity index (χ2n) is 2.53. The van der Waals surface area contributed by atoms with E-state index in [1.807, 2.05) is 0 Å². The van der Waals surface area contributed by atoms with E-state index in [0.717, 1.165) is 0 Å². The van der Waals surface area contributed by atoms with E-state index < -0.39 is 31.1 Å². The number of hydrogen-bond acceptors (Lipinski definition) is 3. The predicted octanol–water partition coefficient (Wildman–Crippen LogP) is 0.376. The molecule has 0 fully saturated rings. The summed E-state index contributed by atoms with van der Waals surface area (Å²) >= 11 is 0. The average Bonchev–Trinajstić information content (AvgIpc) is 2.09. The van der Waals surface area contributed by atoms with Gasteiger partial charge < -0.3 is 10.0 Å². The predicted molar refractivity (Wildman–Crippen MR) is 40.5 cm³/mol. The molecular formula is C7H7F3N2O3. The molecule has 1 N–H and O–H groups in total. The van der Waals surface area contributed by atoms with Gasteiger partial charge >= 0.3 is 18.1 Å². The third kappa shape index (κ3) is 4.85. The standard InChI is InChI=1S/C7H7F3N2O3/c8-7(9,10)6(15)12(3-1-2-11)4-5(13)14/h1,3-4H2,(H,13,14). The number of alkyl halides is 3. The monoisotopic (exact) mass is 224 g/mol. The molecule has 0 unspecified atom stereocenters. The molecular weight excluding hydrogens is 217 g/mol. The summed E-state index contributed by atoms with van der Waals surface area (Å²) in [5.41, 5.74) is 0. The molecule has 0 aliphatic rings. The summed E-state index contributed by atoms with van der Waals surface area (Å²) in [6, 6.07) is 1.52. The van der Waals surface area contributed by atoms with Gasteiger partial charge in [-0.1, -0.05) is 0 Å². The summed E-state index contributed by atoms with van der Waals surface area (Å²) < 4.78 is 35.7. The summed E-state index contributed by atoms with van der Waals surface area (Å²) in [5.74, 6) is -3.81. The maximum absolute atomic E-state index is 11.9. The van der Waals surface area contributed by atoms with Crippen molar-refractivity contribution >= 4 is 11.9 Å². The summed E-state index contributed by atoms with van der Waals surface area (Å²) in [6.07, 6.45) is -5.47. The van der Waals surface area contributed by atoms with Crippen LogP contribution in [0.25, 0.3) is 0 Å². The lowest BCUT2D eigenvalue weighted by molar-refractivity contribution is -0.186. The number of amides is 1. The minimum atomic E-state index is -5.12. The van der Waals surface area contributed by atoms with Gasteiger partial charge in [-0.3, -0.25) is 9.59 Å². The first-order valence-electron chi connectivity index (χ1n) is 3.74. The average molecular weight is 224 g/mol. The molecule has 0 aliphatic heterocycles. The van der Waals surface area contributed by atoms with Crippen LogP contribution < -0.4 is 0 Å². The van der Waals surface area contributed by atoms with E-state index in [1.165, 1.54) is 6.07 Å². The number of nitrogens with zero attached hydrogens (tertiary/aromatic N) is 2. The fraction of sp³-hybridized carbons (Fsp3) is 0.571. The number of carbonyl (C=O) groups excluding carboxylic acids is 1. The number of nitriles is 1. The van der Waals surface area contributed by atoms with E-state index in [9.17, 15) is 22.8 Å². The molecule has 0 saturated carbocycles. The van der Waals surface area contributed by atoms with Crippen LogP contribution in [0.2, 0.25) is 0 Å². The molecule has 0 bridgehead atoms. The Morgan fingerprint density at radius 2 is 1.93 bits per heavy atom. The summed E-state index contributed by atoms with van der Waals surface area (Å²) in [6.45, 7) is -1.62. The Bertz CT molecular complexity index is 295. The lowest BCUT2D eigenvalue weighted by Crippen LogP contribution is -2.44. The van der Waals surface area contributed by atoms with Crippen LogP contribution in [0.5, 0.6) is 0 Å². The Labute approximate surface area is 82.7 Å². The highest BCUT2D eigenvalue weighted by atomic mass is 19.4. The topological polar surface area (TPSA) is 81.4 Å². The molecule has 84 valence electrons. The van der Waals surface area contributed by atoms with Crippen molar-refractivity contribution in [1.29, 1.82) is 5.26 Å². The minimum absolute atomic E-state index is 0.0750. The van der Waals surface area contributed by atoms with Gasteiger partial charge in [0.25, 0.3) is 0 Å². The Morgan fingerprint density at radius 3 is 2.27 bits per heavy atom. The molecule has 0 spiro atoms. The Hall–Kier alpha value is -1.78. The maximum atomic E-state index is 11.9. The first-order valence-corrected chi connectivity index (χ1v) is 3.74. The lowest BCUT2D eigenvalue weighted by Gasteiger charge is -2.20. The second kappa shape index (κ2) is 5.19. The zero-order chi connectivity index (χ0) is 12.1. The van der Waals surface area contributed by atoms with Gasteiger partial charge in [0, 0.05) is 6.54 Å². The molecule has 0 aromatic rings. The smallest absolute Gasteiger partial charge is 0.471 e. The highest BCUT2D eigenvalue weighted by Crippen LogP contribution is 2.18. The molecule has 0 saturated heterocycles. The molecule has 0 radical (unpaired) electrons. The Balaban J connectivity index is 4.56. The largest absolute Gasteiger partial charge is 0.480 e. The van der Waals surface area contributed by atoms with Crippen LogP contribution in [0.3, 0.4) is 0 Å². The van der Waals surface area contributed by atoms with Crippen molar-refractivity contribution in [3.63, 3.8) is 0 Å². The van der Waals surface area contributed by atoms with Gasteiger partial charge in [-0.05, 0) is 0 Å². The Kier molecular flexibility index (Phi) is 4.57. The van der Waals surface area contributed by atoms with E-state index in [2.05, 4.69) is 0 Å². The molecule has 0 aliphatic carbocycles. The van der Waals surface area contributed by atoms with Gasteiger partial charge in [-0.2, -0.15) is 18.4 Å². The molecule has 0 heterocycles. The van der Waals surface area contributed by atoms with Crippen LogP contribution in [0.1, 0.15) is 6.42 Å². The SMILES string of the molecule is N#CCCN(CC(=O)O)C(=O)C(F)(F)F. The highest BCUT2D eigenvalue weighted by Gasteiger charge is 2.42. The maximum Gasteiger partial charge on any atom is 0.471 e. The van der Waals surface area contributed by atoms with Crippen molar-refractivity contribution in [2.45, 2.75) is 12.6 Å². The molecule has 0 atom stereocenters. The number of carbonyl (C=O) groups is 2. The molecule has 1 amide bonds. The van der Waals surface area contributed by atoms with Crippen LogP contribution in [0, 0.1) is 11.3 Å². The quantitative estimate of drug-likeness (QED) is 0.748. The van der Waals surface area contributed by atoms with Gasteiger partial charge in [0.15, 0.2) is 0 Å². The molecule has 15 heavy (non-hydrogen) atoms. The van der Waals surface area contributed by atoms with Crippen LogP contribution in [-0.2, 0) is 9.59 Å². The second-order valence-corrected chi connectivity index (χ2v) is 2.53. The first-order chi connectivity index (χ1) is 6.79. The van der Waals surface area contributed by atoms with Crippen LogP contribution >= 0.6 is 0 Å². The number of rotatable bonds is 4. The molecule has 0 rings (SSSR count).